The number of hydrogen-bond donors (Lipinski definition) is 1. The van der Waals surface area contributed by atoms with Crippen LogP contribution in [0.5, 0.6) is 0 Å². The highest BCUT2D eigenvalue weighted by atomic mass is 35.5. The lowest BCUT2D eigenvalue weighted by atomic mass is 10.2. The minimum absolute atomic E-state index is 0.575. The predicted octanol–water partition coefficient (Wildman–Crippen LogP) is 2.50. The van der Waals surface area contributed by atoms with E-state index < -0.39 is 0 Å². The second-order valence-electron chi connectivity index (χ2n) is 2.20. The lowest BCUT2D eigenvalue weighted by molar-refractivity contribution is 0.130. The summed E-state index contributed by atoms with van der Waals surface area (Å²) in [5.74, 6) is 0. The Morgan fingerprint density at radius 3 is 2.92 bits per heavy atom. The van der Waals surface area contributed by atoms with Crippen LogP contribution in [0.15, 0.2) is 37.1 Å². The molecule has 64 valence electrons. The lowest BCUT2D eigenvalue weighted by Gasteiger charge is -2.03. The maximum absolute atomic E-state index is 5.88. The quantitative estimate of drug-likeness (QED) is 0.440. The Morgan fingerprint density at radius 2 is 2.25 bits per heavy atom. The molecule has 0 spiro atoms. The first-order chi connectivity index (χ1) is 5.84. The van der Waals surface area contributed by atoms with Crippen LogP contribution in [0.4, 0.5) is 0 Å². The van der Waals surface area contributed by atoms with Gasteiger partial charge in [-0.2, -0.15) is 5.48 Å². The Balaban J connectivity index is 2.51. The number of benzene rings is 1. The van der Waals surface area contributed by atoms with Crippen molar-refractivity contribution >= 4 is 11.6 Å². The normalized spacial score (nSPS) is 9.42. The zero-order chi connectivity index (χ0) is 8.81. The summed E-state index contributed by atoms with van der Waals surface area (Å²) in [6.45, 7) is 3.97. The van der Waals surface area contributed by atoms with Gasteiger partial charge in [0.15, 0.2) is 0 Å². The fraction of sp³-hybridized carbons (Fsp3) is 0.111. The van der Waals surface area contributed by atoms with Crippen molar-refractivity contribution in [2.45, 2.75) is 6.54 Å². The molecule has 0 saturated carbocycles. The van der Waals surface area contributed by atoms with Gasteiger partial charge in [0.05, 0.1) is 6.54 Å². The van der Waals surface area contributed by atoms with Gasteiger partial charge in [0.2, 0.25) is 0 Å². The van der Waals surface area contributed by atoms with Crippen LogP contribution in [0, 0.1) is 0 Å². The minimum atomic E-state index is 0.575. The minimum Gasteiger partial charge on any atom is -0.417 e. The molecule has 3 heteroatoms. The van der Waals surface area contributed by atoms with Gasteiger partial charge >= 0.3 is 0 Å². The van der Waals surface area contributed by atoms with E-state index in [-0.39, 0.29) is 0 Å². The van der Waals surface area contributed by atoms with Crippen LogP contribution in [0.1, 0.15) is 5.56 Å². The molecule has 1 rings (SSSR count). The van der Waals surface area contributed by atoms with Gasteiger partial charge in [0, 0.05) is 5.02 Å². The van der Waals surface area contributed by atoms with Crippen LogP contribution in [0.25, 0.3) is 0 Å². The van der Waals surface area contributed by atoms with E-state index in [0.717, 1.165) is 10.6 Å². The molecule has 0 heterocycles. The third kappa shape index (κ3) is 2.57. The zero-order valence-corrected chi connectivity index (χ0v) is 7.34. The Labute approximate surface area is 76.8 Å². The highest BCUT2D eigenvalue weighted by Gasteiger charge is 1.96. The highest BCUT2D eigenvalue weighted by molar-refractivity contribution is 6.31. The smallest absolute Gasteiger partial charge is 0.104 e. The fourth-order valence-electron chi connectivity index (χ4n) is 0.820. The molecule has 1 aromatic carbocycles. The maximum Gasteiger partial charge on any atom is 0.104 e. The second kappa shape index (κ2) is 4.80. The average molecular weight is 184 g/mol. The maximum atomic E-state index is 5.88. The van der Waals surface area contributed by atoms with Crippen LogP contribution in [0.3, 0.4) is 0 Å². The van der Waals surface area contributed by atoms with E-state index in [9.17, 15) is 0 Å². The number of halogens is 1. The second-order valence-corrected chi connectivity index (χ2v) is 2.60. The molecule has 0 fully saturated rings. The summed E-state index contributed by atoms with van der Waals surface area (Å²) in [5, 5.41) is 0.734. The molecule has 1 N–H and O–H groups in total. The summed E-state index contributed by atoms with van der Waals surface area (Å²) in [7, 11) is 0. The molecule has 0 aliphatic rings. The van der Waals surface area contributed by atoms with Crippen LogP contribution >= 0.6 is 11.6 Å². The van der Waals surface area contributed by atoms with E-state index in [2.05, 4.69) is 12.1 Å². The molecule has 0 aliphatic heterocycles. The van der Waals surface area contributed by atoms with Gasteiger partial charge in [-0.15, -0.1) is 0 Å². The van der Waals surface area contributed by atoms with Crippen molar-refractivity contribution < 1.29 is 4.84 Å². The van der Waals surface area contributed by atoms with E-state index in [1.54, 1.807) is 0 Å². The van der Waals surface area contributed by atoms with Gasteiger partial charge in [0.25, 0.3) is 0 Å². The van der Waals surface area contributed by atoms with Gasteiger partial charge in [-0.3, -0.25) is 0 Å². The van der Waals surface area contributed by atoms with E-state index in [0.29, 0.717) is 6.54 Å². The summed E-state index contributed by atoms with van der Waals surface area (Å²) >= 11 is 5.88. The molecular weight excluding hydrogens is 174 g/mol. The predicted molar refractivity (Wildman–Crippen MR) is 49.6 cm³/mol. The summed E-state index contributed by atoms with van der Waals surface area (Å²) in [5.41, 5.74) is 3.69. The summed E-state index contributed by atoms with van der Waals surface area (Å²) in [6, 6.07) is 7.59. The van der Waals surface area contributed by atoms with Crippen molar-refractivity contribution in [1.82, 2.24) is 5.48 Å². The van der Waals surface area contributed by atoms with E-state index in [1.165, 1.54) is 6.26 Å². The largest absolute Gasteiger partial charge is 0.417 e. The monoisotopic (exact) mass is 183 g/mol. The molecule has 0 aromatic heterocycles. The number of rotatable bonds is 4. The summed E-state index contributed by atoms with van der Waals surface area (Å²) in [4.78, 5) is 4.75. The molecule has 0 aliphatic carbocycles. The van der Waals surface area contributed by atoms with E-state index in [4.69, 9.17) is 16.4 Å². The van der Waals surface area contributed by atoms with Crippen molar-refractivity contribution in [3.8, 4) is 0 Å². The Bertz CT molecular complexity index is 262. The number of hydrogen-bond acceptors (Lipinski definition) is 2. The van der Waals surface area contributed by atoms with Gasteiger partial charge in [-0.05, 0) is 11.6 Å². The summed E-state index contributed by atoms with van der Waals surface area (Å²) in [6.07, 6.45) is 1.33. The first-order valence-corrected chi connectivity index (χ1v) is 3.95. The van der Waals surface area contributed by atoms with Crippen LogP contribution in [0.2, 0.25) is 5.02 Å². The Hall–Kier alpha value is -0.990. The van der Waals surface area contributed by atoms with Gasteiger partial charge in [0.1, 0.15) is 6.26 Å². The summed E-state index contributed by atoms with van der Waals surface area (Å²) < 4.78 is 0. The van der Waals surface area contributed by atoms with Crippen LogP contribution in [-0.4, -0.2) is 0 Å². The van der Waals surface area contributed by atoms with Gasteiger partial charge < -0.3 is 4.84 Å². The average Bonchev–Trinajstić information content (AvgIpc) is 2.09. The topological polar surface area (TPSA) is 21.3 Å². The van der Waals surface area contributed by atoms with Crippen LogP contribution in [-0.2, 0) is 11.4 Å². The first kappa shape index (κ1) is 9.10. The van der Waals surface area contributed by atoms with E-state index >= 15 is 0 Å². The van der Waals surface area contributed by atoms with Crippen molar-refractivity contribution in [2.24, 2.45) is 0 Å². The Kier molecular flexibility index (Phi) is 3.64. The molecule has 0 unspecified atom stereocenters. The molecule has 0 radical (unpaired) electrons. The molecule has 2 nitrogen and oxygen atoms in total. The third-order valence-electron chi connectivity index (χ3n) is 1.39. The standard InChI is InChI=1S/C9H10ClNO/c1-2-12-11-7-8-5-3-4-6-9(8)10/h2-6,11H,1,7H2. The number of nitrogens with one attached hydrogen (secondary N) is 1. The molecule has 1 aromatic rings. The molecule has 0 bridgehead atoms. The third-order valence-corrected chi connectivity index (χ3v) is 1.76. The van der Waals surface area contributed by atoms with Crippen molar-refractivity contribution in [3.63, 3.8) is 0 Å². The van der Waals surface area contributed by atoms with Gasteiger partial charge in [-0.1, -0.05) is 36.4 Å². The van der Waals surface area contributed by atoms with Crippen LogP contribution < -0.4 is 5.48 Å². The van der Waals surface area contributed by atoms with Crippen molar-refractivity contribution in [1.29, 1.82) is 0 Å². The first-order valence-electron chi connectivity index (χ1n) is 3.57. The van der Waals surface area contributed by atoms with Crippen molar-refractivity contribution in [2.75, 3.05) is 0 Å². The highest BCUT2D eigenvalue weighted by Crippen LogP contribution is 2.13. The molecule has 12 heavy (non-hydrogen) atoms. The molecule has 0 atom stereocenters. The SMILES string of the molecule is C=CONCc1ccccc1Cl. The number of hydroxylamine groups is 1. The zero-order valence-electron chi connectivity index (χ0n) is 6.59. The fourth-order valence-corrected chi connectivity index (χ4v) is 1.02. The Morgan fingerprint density at radius 1 is 1.50 bits per heavy atom. The molecule has 0 saturated heterocycles. The van der Waals surface area contributed by atoms with E-state index in [1.807, 2.05) is 24.3 Å². The van der Waals surface area contributed by atoms with Crippen molar-refractivity contribution in [3.05, 3.63) is 47.7 Å². The molecule has 0 amide bonds. The lowest BCUT2D eigenvalue weighted by Crippen LogP contribution is -2.10. The molecular formula is C9H10ClNO. The van der Waals surface area contributed by atoms with Gasteiger partial charge in [-0.25, -0.2) is 0 Å².